The molecule has 2 N–H and O–H groups in total. The van der Waals surface area contributed by atoms with E-state index in [1.165, 1.54) is 16.3 Å². The van der Waals surface area contributed by atoms with Crippen molar-refractivity contribution in [1.29, 1.82) is 0 Å². The number of hydrogen-bond donors (Lipinski definition) is 2. The van der Waals surface area contributed by atoms with Gasteiger partial charge in [0.2, 0.25) is 10.0 Å². The van der Waals surface area contributed by atoms with Gasteiger partial charge in [-0.2, -0.15) is 4.31 Å². The second kappa shape index (κ2) is 9.86. The lowest BCUT2D eigenvalue weighted by Gasteiger charge is -2.16. The predicted molar refractivity (Wildman–Crippen MR) is 131 cm³/mol. The second-order valence-electron chi connectivity index (χ2n) is 7.97. The number of thiophene rings is 1. The van der Waals surface area contributed by atoms with E-state index >= 15 is 0 Å². The number of benzene rings is 1. The average Bonchev–Trinajstić information content (AvgIpc) is 3.37. The van der Waals surface area contributed by atoms with Gasteiger partial charge in [0.1, 0.15) is 5.00 Å². The lowest BCUT2D eigenvalue weighted by molar-refractivity contribution is 0.0601. The molecule has 1 saturated heterocycles. The van der Waals surface area contributed by atoms with Crippen LogP contribution in [0.2, 0.25) is 0 Å². The van der Waals surface area contributed by atoms with Crippen molar-refractivity contribution in [2.24, 2.45) is 0 Å². The highest BCUT2D eigenvalue weighted by Gasteiger charge is 2.27. The lowest BCUT2D eigenvalue weighted by Crippen LogP contribution is -2.27. The number of nitrogens with zero attached hydrogens (tertiary/aromatic N) is 1. The first-order chi connectivity index (χ1) is 15.4. The number of aryl methyl sites for hydroxylation is 1. The molecule has 172 valence electrons. The molecule has 1 aromatic heterocycles. The quantitative estimate of drug-likeness (QED) is 0.363. The van der Waals surface area contributed by atoms with Gasteiger partial charge in [0.15, 0.2) is 5.11 Å². The fourth-order valence-corrected chi connectivity index (χ4v) is 7.29. The molecule has 0 amide bonds. The van der Waals surface area contributed by atoms with Crippen molar-refractivity contribution in [2.75, 3.05) is 30.8 Å². The van der Waals surface area contributed by atoms with E-state index in [1.807, 2.05) is 0 Å². The minimum absolute atomic E-state index is 0.277. The molecule has 1 aromatic carbocycles. The van der Waals surface area contributed by atoms with Crippen molar-refractivity contribution in [3.8, 4) is 0 Å². The van der Waals surface area contributed by atoms with Crippen LogP contribution in [0, 0.1) is 0 Å². The van der Waals surface area contributed by atoms with Crippen molar-refractivity contribution < 1.29 is 17.9 Å². The zero-order valence-corrected chi connectivity index (χ0v) is 20.4. The molecule has 0 bridgehead atoms. The van der Waals surface area contributed by atoms with E-state index in [0.29, 0.717) is 34.5 Å². The number of fused-ring (bicyclic) bond motifs is 1. The van der Waals surface area contributed by atoms with Gasteiger partial charge < -0.3 is 15.4 Å². The number of esters is 1. The molecule has 0 saturated carbocycles. The Bertz CT molecular complexity index is 1100. The van der Waals surface area contributed by atoms with Crippen LogP contribution in [0.4, 0.5) is 10.7 Å². The van der Waals surface area contributed by atoms with Gasteiger partial charge in [-0.05, 0) is 80.6 Å². The van der Waals surface area contributed by atoms with Crippen LogP contribution < -0.4 is 10.6 Å². The van der Waals surface area contributed by atoms with Crippen molar-refractivity contribution in [2.45, 2.75) is 49.8 Å². The Hall–Kier alpha value is -2.01. The summed E-state index contributed by atoms with van der Waals surface area (Å²) >= 11 is 7.02. The van der Waals surface area contributed by atoms with Crippen LogP contribution in [0.5, 0.6) is 0 Å². The predicted octanol–water partition coefficient (Wildman–Crippen LogP) is 4.40. The summed E-state index contributed by atoms with van der Waals surface area (Å²) in [5, 5.41) is 7.26. The van der Waals surface area contributed by atoms with E-state index in [0.717, 1.165) is 50.5 Å². The summed E-state index contributed by atoms with van der Waals surface area (Å²) in [6, 6.07) is 6.57. The molecule has 1 fully saturated rings. The Balaban J connectivity index is 1.48. The molecule has 2 aliphatic rings. The number of anilines is 2. The number of thiocarbonyl (C=S) groups is 1. The molecule has 1 aliphatic heterocycles. The van der Waals surface area contributed by atoms with Gasteiger partial charge in [-0.3, -0.25) is 0 Å². The monoisotopic (exact) mass is 493 g/mol. The Morgan fingerprint density at radius 3 is 2.41 bits per heavy atom. The van der Waals surface area contributed by atoms with Crippen LogP contribution in [0.15, 0.2) is 29.2 Å². The van der Waals surface area contributed by atoms with Gasteiger partial charge in [0.25, 0.3) is 0 Å². The second-order valence-corrected chi connectivity index (χ2v) is 11.4. The van der Waals surface area contributed by atoms with Gasteiger partial charge in [-0.15, -0.1) is 11.3 Å². The molecule has 10 heteroatoms. The fourth-order valence-electron chi connectivity index (χ4n) is 4.20. The maximum atomic E-state index is 12.7. The number of carbonyl (C=O) groups is 1. The SMILES string of the molecule is COC(=O)c1c(NC(=S)Nc2ccc(S(=O)(=O)N3CCCC3)cc2)sc2c1CCCCC2. The smallest absolute Gasteiger partial charge is 0.341 e. The van der Waals surface area contributed by atoms with Gasteiger partial charge in [0, 0.05) is 23.7 Å². The summed E-state index contributed by atoms with van der Waals surface area (Å²) in [6.45, 7) is 1.15. The van der Waals surface area contributed by atoms with Crippen molar-refractivity contribution >= 4 is 55.3 Å². The van der Waals surface area contributed by atoms with E-state index in [1.54, 1.807) is 35.6 Å². The molecule has 0 radical (unpaired) electrons. The van der Waals surface area contributed by atoms with Gasteiger partial charge in [-0.25, -0.2) is 13.2 Å². The highest BCUT2D eigenvalue weighted by atomic mass is 32.2. The zero-order valence-electron chi connectivity index (χ0n) is 18.0. The maximum Gasteiger partial charge on any atom is 0.341 e. The molecule has 0 unspecified atom stereocenters. The van der Waals surface area contributed by atoms with Crippen LogP contribution >= 0.6 is 23.6 Å². The van der Waals surface area contributed by atoms with Crippen molar-refractivity contribution in [3.05, 3.63) is 40.3 Å². The summed E-state index contributed by atoms with van der Waals surface area (Å²) in [6.07, 6.45) is 6.96. The summed E-state index contributed by atoms with van der Waals surface area (Å²) in [5.41, 5.74) is 2.31. The summed E-state index contributed by atoms with van der Waals surface area (Å²) < 4.78 is 31.9. The third-order valence-corrected chi connectivity index (χ3v) is 9.18. The minimum Gasteiger partial charge on any atom is -0.465 e. The highest BCUT2D eigenvalue weighted by molar-refractivity contribution is 7.89. The molecular weight excluding hydrogens is 466 g/mol. The number of methoxy groups -OCH3 is 1. The van der Waals surface area contributed by atoms with Crippen molar-refractivity contribution in [3.63, 3.8) is 0 Å². The average molecular weight is 494 g/mol. The van der Waals surface area contributed by atoms with E-state index in [-0.39, 0.29) is 10.9 Å². The normalized spacial score (nSPS) is 16.8. The Morgan fingerprint density at radius 1 is 1.03 bits per heavy atom. The molecule has 32 heavy (non-hydrogen) atoms. The molecule has 2 aromatic rings. The van der Waals surface area contributed by atoms with Crippen LogP contribution in [-0.2, 0) is 27.6 Å². The standard InChI is InChI=1S/C22H27N3O4S3/c1-29-21(26)19-17-7-3-2-4-8-18(17)31-20(19)24-22(30)23-15-9-11-16(12-10-15)32(27,28)25-13-5-6-14-25/h9-12H,2-8,13-14H2,1H3,(H2,23,24,30). The van der Waals surface area contributed by atoms with Crippen LogP contribution in [0.1, 0.15) is 52.9 Å². The molecule has 4 rings (SSSR count). The Morgan fingerprint density at radius 2 is 1.72 bits per heavy atom. The van der Waals surface area contributed by atoms with E-state index in [4.69, 9.17) is 17.0 Å². The van der Waals surface area contributed by atoms with Gasteiger partial charge in [0.05, 0.1) is 17.6 Å². The number of ether oxygens (including phenoxy) is 1. The largest absolute Gasteiger partial charge is 0.465 e. The summed E-state index contributed by atoms with van der Waals surface area (Å²) in [5.74, 6) is -0.355. The lowest BCUT2D eigenvalue weighted by atomic mass is 10.1. The van der Waals surface area contributed by atoms with E-state index in [9.17, 15) is 13.2 Å². The number of hydrogen-bond acceptors (Lipinski definition) is 6. The molecule has 0 spiro atoms. The van der Waals surface area contributed by atoms with Crippen LogP contribution in [0.3, 0.4) is 0 Å². The van der Waals surface area contributed by atoms with E-state index in [2.05, 4.69) is 10.6 Å². The summed E-state index contributed by atoms with van der Waals surface area (Å²) in [4.78, 5) is 14.0. The highest BCUT2D eigenvalue weighted by Crippen LogP contribution is 2.38. The zero-order chi connectivity index (χ0) is 22.7. The molecule has 7 nitrogen and oxygen atoms in total. The number of nitrogens with one attached hydrogen (secondary N) is 2. The number of carbonyl (C=O) groups excluding carboxylic acids is 1. The summed E-state index contributed by atoms with van der Waals surface area (Å²) in [7, 11) is -2.06. The first-order valence-electron chi connectivity index (χ1n) is 10.8. The molecule has 2 heterocycles. The van der Waals surface area contributed by atoms with Crippen molar-refractivity contribution in [1.82, 2.24) is 4.31 Å². The van der Waals surface area contributed by atoms with Crippen LogP contribution in [-0.4, -0.2) is 44.0 Å². The third kappa shape index (κ3) is 4.83. The minimum atomic E-state index is -3.45. The van der Waals surface area contributed by atoms with Gasteiger partial charge >= 0.3 is 5.97 Å². The number of rotatable bonds is 5. The van der Waals surface area contributed by atoms with Crippen LogP contribution in [0.25, 0.3) is 0 Å². The fraction of sp³-hybridized carbons (Fsp3) is 0.455. The van der Waals surface area contributed by atoms with E-state index < -0.39 is 10.0 Å². The maximum absolute atomic E-state index is 12.7. The Labute approximate surface area is 198 Å². The molecular formula is C22H27N3O4S3. The first kappa shape index (κ1) is 23.2. The molecule has 1 aliphatic carbocycles. The Kier molecular flexibility index (Phi) is 7.14. The number of sulfonamides is 1. The molecule has 0 atom stereocenters. The topological polar surface area (TPSA) is 87.7 Å². The third-order valence-electron chi connectivity index (χ3n) is 5.85. The first-order valence-corrected chi connectivity index (χ1v) is 13.5. The van der Waals surface area contributed by atoms with Gasteiger partial charge in [-0.1, -0.05) is 6.42 Å².